The van der Waals surface area contributed by atoms with E-state index in [2.05, 4.69) is 21.2 Å². The Morgan fingerprint density at radius 3 is 2.69 bits per heavy atom. The first kappa shape index (κ1) is 25.5. The number of amides is 3. The van der Waals surface area contributed by atoms with Crippen LogP contribution in [0.2, 0.25) is 5.02 Å². The number of benzene rings is 2. The van der Waals surface area contributed by atoms with E-state index in [1.165, 1.54) is 37.5 Å². The Bertz CT molecular complexity index is 1440. The second kappa shape index (κ2) is 10.6. The second-order valence-corrected chi connectivity index (χ2v) is 9.54. The number of carbonyl (C=O) groups is 3. The number of nitro benzene ring substituents is 1. The van der Waals surface area contributed by atoms with E-state index in [1.807, 2.05) is 0 Å². The third-order valence-corrected chi connectivity index (χ3v) is 6.80. The van der Waals surface area contributed by atoms with Crippen LogP contribution >= 0.6 is 39.3 Å². The lowest BCUT2D eigenvalue weighted by molar-refractivity contribution is -0.384. The van der Waals surface area contributed by atoms with Gasteiger partial charge in [0.25, 0.3) is 16.8 Å². The average molecular weight is 593 g/mol. The lowest BCUT2D eigenvalue weighted by atomic mass is 10.1. The summed E-state index contributed by atoms with van der Waals surface area (Å²) in [5.74, 6) is -0.0870. The highest BCUT2D eigenvalue weighted by atomic mass is 79.9. The van der Waals surface area contributed by atoms with Gasteiger partial charge in [0, 0.05) is 33.9 Å². The number of halogens is 2. The zero-order valence-electron chi connectivity index (χ0n) is 18.3. The molecule has 13 heteroatoms. The number of rotatable bonds is 7. The molecule has 1 aliphatic rings. The van der Waals surface area contributed by atoms with Crippen molar-refractivity contribution in [2.24, 2.45) is 0 Å². The molecule has 1 aliphatic heterocycles. The molecule has 1 aromatic heterocycles. The van der Waals surface area contributed by atoms with Gasteiger partial charge in [0.2, 0.25) is 5.91 Å². The van der Waals surface area contributed by atoms with Gasteiger partial charge in [-0.05, 0) is 64.1 Å². The van der Waals surface area contributed by atoms with Crippen molar-refractivity contribution in [2.45, 2.75) is 0 Å². The molecule has 4 rings (SSSR count). The standard InChI is InChI=1S/C23H15BrClN3O7S/c1-34-19-6-2-12(8-17(19)25)26-21(29)11-27-22(30)20(36-23(27)31)10-14-4-7-18(35-14)15-5-3-13(28(32)33)9-16(15)24/h2-10H,11H2,1H3,(H,26,29)/b20-10+. The topological polar surface area (TPSA) is 132 Å². The average Bonchev–Trinajstić information content (AvgIpc) is 3.39. The van der Waals surface area contributed by atoms with Crippen molar-refractivity contribution < 1.29 is 28.5 Å². The molecule has 1 N–H and O–H groups in total. The molecule has 1 saturated heterocycles. The van der Waals surface area contributed by atoms with Crippen LogP contribution < -0.4 is 10.1 Å². The number of carbonyl (C=O) groups excluding carboxylic acids is 3. The zero-order chi connectivity index (χ0) is 26.0. The van der Waals surface area contributed by atoms with E-state index in [-0.39, 0.29) is 16.4 Å². The van der Waals surface area contributed by atoms with Gasteiger partial charge in [0.05, 0.1) is 22.0 Å². The summed E-state index contributed by atoms with van der Waals surface area (Å²) in [6, 6.07) is 12.1. The van der Waals surface area contributed by atoms with Crippen molar-refractivity contribution >= 4 is 73.8 Å². The number of ether oxygens (including phenoxy) is 1. The SMILES string of the molecule is COc1ccc(NC(=O)CN2C(=O)S/C(=C/c3ccc(-c4ccc([N+](=O)[O-])cc4Br)o3)C2=O)cc1Cl. The molecule has 0 atom stereocenters. The summed E-state index contributed by atoms with van der Waals surface area (Å²) >= 11 is 10.0. The minimum Gasteiger partial charge on any atom is -0.495 e. The monoisotopic (exact) mass is 591 g/mol. The largest absolute Gasteiger partial charge is 0.495 e. The minimum absolute atomic E-state index is 0.0785. The Labute approximate surface area is 221 Å². The Morgan fingerprint density at radius 2 is 2.03 bits per heavy atom. The fourth-order valence-electron chi connectivity index (χ4n) is 3.25. The van der Waals surface area contributed by atoms with Crippen LogP contribution in [0.1, 0.15) is 5.76 Å². The van der Waals surface area contributed by atoms with Gasteiger partial charge in [-0.15, -0.1) is 0 Å². The van der Waals surface area contributed by atoms with E-state index in [1.54, 1.807) is 24.3 Å². The first-order valence-electron chi connectivity index (χ1n) is 10.1. The van der Waals surface area contributed by atoms with Gasteiger partial charge >= 0.3 is 0 Å². The van der Waals surface area contributed by atoms with Gasteiger partial charge < -0.3 is 14.5 Å². The molecule has 0 saturated carbocycles. The van der Waals surface area contributed by atoms with Crippen molar-refractivity contribution in [1.29, 1.82) is 0 Å². The highest BCUT2D eigenvalue weighted by Crippen LogP contribution is 2.36. The number of imide groups is 1. The molecule has 36 heavy (non-hydrogen) atoms. The summed E-state index contributed by atoms with van der Waals surface area (Å²) in [6.45, 7) is -0.481. The normalized spacial score (nSPS) is 14.4. The Kier molecular flexibility index (Phi) is 7.48. The van der Waals surface area contributed by atoms with Crippen molar-refractivity contribution in [3.63, 3.8) is 0 Å². The Morgan fingerprint density at radius 1 is 1.25 bits per heavy atom. The summed E-state index contributed by atoms with van der Waals surface area (Å²) in [5, 5.41) is 13.2. The molecule has 3 aromatic rings. The Balaban J connectivity index is 1.45. The zero-order valence-corrected chi connectivity index (χ0v) is 21.5. The summed E-state index contributed by atoms with van der Waals surface area (Å²) < 4.78 is 11.3. The number of nitro groups is 1. The number of thioether (sulfide) groups is 1. The number of methoxy groups -OCH3 is 1. The highest BCUT2D eigenvalue weighted by Gasteiger charge is 2.36. The first-order chi connectivity index (χ1) is 17.2. The van der Waals surface area contributed by atoms with E-state index in [0.717, 1.165) is 4.90 Å². The molecular weight excluding hydrogens is 578 g/mol. The number of non-ortho nitro benzene ring substituents is 1. The highest BCUT2D eigenvalue weighted by molar-refractivity contribution is 9.10. The quantitative estimate of drug-likeness (QED) is 0.202. The first-order valence-corrected chi connectivity index (χ1v) is 12.1. The third-order valence-electron chi connectivity index (χ3n) is 4.94. The molecule has 3 amide bonds. The smallest absolute Gasteiger partial charge is 0.294 e. The van der Waals surface area contributed by atoms with Crippen molar-refractivity contribution in [1.82, 2.24) is 4.90 Å². The van der Waals surface area contributed by atoms with Gasteiger partial charge in [-0.25, -0.2) is 0 Å². The number of anilines is 1. The number of hydrogen-bond donors (Lipinski definition) is 1. The number of nitrogens with one attached hydrogen (secondary N) is 1. The molecule has 0 unspecified atom stereocenters. The number of nitrogens with zero attached hydrogens (tertiary/aromatic N) is 2. The molecule has 0 bridgehead atoms. The molecule has 2 aromatic carbocycles. The van der Waals surface area contributed by atoms with Crippen LogP contribution in [0.25, 0.3) is 17.4 Å². The number of furan rings is 1. The summed E-state index contributed by atoms with van der Waals surface area (Å²) in [6.07, 6.45) is 1.40. The van der Waals surface area contributed by atoms with E-state index in [0.29, 0.717) is 44.0 Å². The molecule has 0 aliphatic carbocycles. The van der Waals surface area contributed by atoms with Gasteiger partial charge in [-0.1, -0.05) is 11.6 Å². The maximum atomic E-state index is 12.8. The molecule has 0 spiro atoms. The van der Waals surface area contributed by atoms with Crippen molar-refractivity contribution in [3.05, 3.63) is 78.8 Å². The predicted octanol–water partition coefficient (Wildman–Crippen LogP) is 5.95. The van der Waals surface area contributed by atoms with E-state index >= 15 is 0 Å². The van der Waals surface area contributed by atoms with Gasteiger partial charge in [0.1, 0.15) is 23.8 Å². The maximum absolute atomic E-state index is 12.8. The van der Waals surface area contributed by atoms with Gasteiger partial charge in [-0.3, -0.25) is 29.4 Å². The second-order valence-electron chi connectivity index (χ2n) is 7.29. The maximum Gasteiger partial charge on any atom is 0.294 e. The van der Waals surface area contributed by atoms with Crippen LogP contribution in [0.15, 0.2) is 62.3 Å². The summed E-state index contributed by atoms with van der Waals surface area (Å²) in [4.78, 5) is 48.9. The summed E-state index contributed by atoms with van der Waals surface area (Å²) in [5.41, 5.74) is 0.877. The fraction of sp³-hybridized carbons (Fsp3) is 0.0870. The number of hydrogen-bond acceptors (Lipinski definition) is 8. The van der Waals surface area contributed by atoms with Crippen LogP contribution in [0.3, 0.4) is 0 Å². The minimum atomic E-state index is -0.637. The summed E-state index contributed by atoms with van der Waals surface area (Å²) in [7, 11) is 1.46. The van der Waals surface area contributed by atoms with Gasteiger partial charge in [-0.2, -0.15) is 0 Å². The lowest BCUT2D eigenvalue weighted by Gasteiger charge is -2.13. The third kappa shape index (κ3) is 5.45. The molecule has 0 radical (unpaired) electrons. The predicted molar refractivity (Wildman–Crippen MR) is 138 cm³/mol. The van der Waals surface area contributed by atoms with Gasteiger partial charge in [0.15, 0.2) is 0 Å². The van der Waals surface area contributed by atoms with Crippen LogP contribution in [0.4, 0.5) is 16.2 Å². The Hall–Kier alpha value is -3.61. The van der Waals surface area contributed by atoms with E-state index in [9.17, 15) is 24.5 Å². The molecule has 10 nitrogen and oxygen atoms in total. The molecular formula is C23H15BrClN3O7S. The van der Waals surface area contributed by atoms with Crippen molar-refractivity contribution in [2.75, 3.05) is 19.0 Å². The van der Waals surface area contributed by atoms with Crippen LogP contribution in [-0.2, 0) is 9.59 Å². The van der Waals surface area contributed by atoms with E-state index < -0.39 is 28.5 Å². The van der Waals surface area contributed by atoms with Crippen LogP contribution in [0, 0.1) is 10.1 Å². The molecule has 1 fully saturated rings. The fourth-order valence-corrected chi connectivity index (χ4v) is 4.88. The lowest BCUT2D eigenvalue weighted by Crippen LogP contribution is -2.36. The van der Waals surface area contributed by atoms with E-state index in [4.69, 9.17) is 20.8 Å². The van der Waals surface area contributed by atoms with Crippen LogP contribution in [-0.4, -0.2) is 40.5 Å². The van der Waals surface area contributed by atoms with Crippen LogP contribution in [0.5, 0.6) is 5.75 Å². The van der Waals surface area contributed by atoms with Crippen molar-refractivity contribution in [3.8, 4) is 17.1 Å². The molecule has 2 heterocycles. The molecule has 184 valence electrons.